The second-order valence-corrected chi connectivity index (χ2v) is 10.9. The van der Waals surface area contributed by atoms with Crippen molar-refractivity contribution in [2.24, 2.45) is 0 Å². The number of rotatable bonds is 9. The minimum absolute atomic E-state index is 0.0370. The molecule has 12 heteroatoms. The Kier molecular flexibility index (Phi) is 8.54. The highest BCUT2D eigenvalue weighted by Gasteiger charge is 2.48. The summed E-state index contributed by atoms with van der Waals surface area (Å²) in [5.41, 5.74) is 2.54. The Hall–Kier alpha value is -5.36. The number of hydrogen-bond acceptors (Lipinski definition) is 10. The Morgan fingerprint density at radius 3 is 2.41 bits per heavy atom. The van der Waals surface area contributed by atoms with Gasteiger partial charge in [0.25, 0.3) is 11.5 Å². The summed E-state index contributed by atoms with van der Waals surface area (Å²) in [7, 11) is 0. The van der Waals surface area contributed by atoms with Crippen LogP contribution in [0.3, 0.4) is 0 Å². The molecule has 1 unspecified atom stereocenters. The molecule has 0 aliphatic carbocycles. The van der Waals surface area contributed by atoms with Gasteiger partial charge in [-0.25, -0.2) is 9.78 Å². The highest BCUT2D eigenvalue weighted by molar-refractivity contribution is 7.17. The molecule has 224 valence electrons. The van der Waals surface area contributed by atoms with Crippen LogP contribution in [0.5, 0.6) is 5.75 Å². The van der Waals surface area contributed by atoms with Crippen LogP contribution < -0.4 is 9.64 Å². The maximum absolute atomic E-state index is 13.5. The number of ketones is 1. The lowest BCUT2D eigenvalue weighted by Crippen LogP contribution is -2.29. The average Bonchev–Trinajstić information content (AvgIpc) is 3.52. The molecular formula is C32H27N3O8S. The van der Waals surface area contributed by atoms with Gasteiger partial charge < -0.3 is 14.6 Å². The van der Waals surface area contributed by atoms with Crippen molar-refractivity contribution < 1.29 is 33.9 Å². The van der Waals surface area contributed by atoms with E-state index in [1.807, 2.05) is 31.2 Å². The Morgan fingerprint density at radius 2 is 1.77 bits per heavy atom. The summed E-state index contributed by atoms with van der Waals surface area (Å²) >= 11 is 0.871. The number of amides is 1. The summed E-state index contributed by atoms with van der Waals surface area (Å²) in [6, 6.07) is 18.4. The number of esters is 1. The lowest BCUT2D eigenvalue weighted by atomic mass is 9.95. The highest BCUT2D eigenvalue weighted by Crippen LogP contribution is 2.44. The topological polar surface area (TPSA) is 149 Å². The lowest BCUT2D eigenvalue weighted by Gasteiger charge is -2.23. The Balaban J connectivity index is 1.54. The number of Topliss-reactive ketones (excluding diaryl/α,β-unsaturated/α-hetero) is 1. The minimum atomic E-state index is -1.19. The Morgan fingerprint density at radius 1 is 1.07 bits per heavy atom. The number of ether oxygens (including phenoxy) is 2. The Bertz CT molecular complexity index is 1790. The maximum atomic E-state index is 13.5. The molecule has 1 aromatic heterocycles. The first-order valence-electron chi connectivity index (χ1n) is 13.6. The van der Waals surface area contributed by atoms with Gasteiger partial charge in [-0.2, -0.15) is 0 Å². The van der Waals surface area contributed by atoms with Gasteiger partial charge in [-0.15, -0.1) is 0 Å². The molecule has 5 rings (SSSR count). The molecule has 0 bridgehead atoms. The van der Waals surface area contributed by atoms with Gasteiger partial charge in [-0.05, 0) is 68.3 Å². The van der Waals surface area contributed by atoms with Crippen LogP contribution in [-0.2, 0) is 20.9 Å². The van der Waals surface area contributed by atoms with Gasteiger partial charge in [0.05, 0.1) is 28.8 Å². The molecule has 1 aliphatic heterocycles. The van der Waals surface area contributed by atoms with Crippen LogP contribution in [0.25, 0.3) is 5.76 Å². The molecule has 1 fully saturated rings. The summed E-state index contributed by atoms with van der Waals surface area (Å²) in [6.07, 6.45) is 0. The normalized spacial score (nSPS) is 15.8. The molecule has 11 nitrogen and oxygen atoms in total. The van der Waals surface area contributed by atoms with Crippen molar-refractivity contribution in [3.63, 3.8) is 0 Å². The number of aliphatic hydroxyl groups excluding tert-OH is 1. The van der Waals surface area contributed by atoms with Crippen LogP contribution in [-0.4, -0.2) is 39.3 Å². The fraction of sp³-hybridized carbons (Fsp3) is 0.188. The van der Waals surface area contributed by atoms with Crippen molar-refractivity contribution in [2.45, 2.75) is 33.4 Å². The van der Waals surface area contributed by atoms with Gasteiger partial charge in [-0.1, -0.05) is 41.2 Å². The van der Waals surface area contributed by atoms with E-state index in [9.17, 15) is 29.6 Å². The van der Waals surface area contributed by atoms with E-state index in [1.54, 1.807) is 38.1 Å². The molecular weight excluding hydrogens is 586 g/mol. The fourth-order valence-electron chi connectivity index (χ4n) is 4.83. The van der Waals surface area contributed by atoms with Crippen LogP contribution in [0.2, 0.25) is 0 Å². The van der Waals surface area contributed by atoms with Crippen molar-refractivity contribution in [1.82, 2.24) is 4.98 Å². The quantitative estimate of drug-likeness (QED) is 0.0594. The van der Waals surface area contributed by atoms with Crippen molar-refractivity contribution >= 4 is 45.6 Å². The van der Waals surface area contributed by atoms with Crippen LogP contribution in [0.1, 0.15) is 50.6 Å². The van der Waals surface area contributed by atoms with E-state index in [0.29, 0.717) is 23.6 Å². The van der Waals surface area contributed by atoms with E-state index < -0.39 is 34.4 Å². The van der Waals surface area contributed by atoms with E-state index in [-0.39, 0.29) is 33.4 Å². The van der Waals surface area contributed by atoms with Gasteiger partial charge in [-0.3, -0.25) is 24.6 Å². The van der Waals surface area contributed by atoms with E-state index in [0.717, 1.165) is 27.4 Å². The molecule has 1 saturated heterocycles. The molecule has 44 heavy (non-hydrogen) atoms. The van der Waals surface area contributed by atoms with Crippen molar-refractivity contribution in [3.05, 3.63) is 121 Å². The predicted octanol–water partition coefficient (Wildman–Crippen LogP) is 6.05. The number of non-ortho nitro benzene ring substituents is 1. The van der Waals surface area contributed by atoms with Gasteiger partial charge in [0.15, 0.2) is 5.13 Å². The summed E-state index contributed by atoms with van der Waals surface area (Å²) in [6.45, 7) is 5.69. The second kappa shape index (κ2) is 12.5. The maximum Gasteiger partial charge on any atom is 0.350 e. The number of thiazole rings is 1. The predicted molar refractivity (Wildman–Crippen MR) is 163 cm³/mol. The number of aryl methyl sites for hydroxylation is 2. The summed E-state index contributed by atoms with van der Waals surface area (Å²) < 4.78 is 11.0. The standard InChI is InChI=1S/C32H27N3O8S/c1-4-42-31(39)29-19(3)33-32(44-29)34-26(21-8-12-23(13-9-21)35(40)41)25(28(37)30(34)38)27(36)22-10-14-24(15-11-22)43-17-20-7-5-6-18(2)16-20/h5-16,26,36H,4,17H2,1-3H3. The smallest absolute Gasteiger partial charge is 0.350 e. The molecule has 4 aromatic rings. The number of anilines is 1. The van der Waals surface area contributed by atoms with Crippen LogP contribution in [0, 0.1) is 24.0 Å². The van der Waals surface area contributed by atoms with Crippen LogP contribution in [0.15, 0.2) is 78.4 Å². The lowest BCUT2D eigenvalue weighted by molar-refractivity contribution is -0.384. The third-order valence-electron chi connectivity index (χ3n) is 6.93. The van der Waals surface area contributed by atoms with Crippen molar-refractivity contribution in [3.8, 4) is 5.75 Å². The third kappa shape index (κ3) is 5.92. The fourth-order valence-corrected chi connectivity index (χ4v) is 5.82. The zero-order valence-corrected chi connectivity index (χ0v) is 24.8. The molecule has 1 N–H and O–H groups in total. The third-order valence-corrected chi connectivity index (χ3v) is 8.07. The number of benzene rings is 3. The van der Waals surface area contributed by atoms with Crippen LogP contribution >= 0.6 is 11.3 Å². The molecule has 3 aromatic carbocycles. The first-order valence-corrected chi connectivity index (χ1v) is 14.4. The van der Waals surface area contributed by atoms with E-state index in [1.165, 1.54) is 24.3 Å². The summed E-state index contributed by atoms with van der Waals surface area (Å²) in [4.78, 5) is 55.8. The largest absolute Gasteiger partial charge is 0.507 e. The molecule has 1 amide bonds. The van der Waals surface area contributed by atoms with Crippen molar-refractivity contribution in [1.29, 1.82) is 0 Å². The van der Waals surface area contributed by atoms with Gasteiger partial charge in [0, 0.05) is 17.7 Å². The zero-order valence-electron chi connectivity index (χ0n) is 24.0. The Labute approximate surface area is 256 Å². The summed E-state index contributed by atoms with van der Waals surface area (Å²) in [5, 5.41) is 22.8. The van der Waals surface area contributed by atoms with E-state index >= 15 is 0 Å². The molecule has 0 radical (unpaired) electrons. The zero-order chi connectivity index (χ0) is 31.5. The van der Waals surface area contributed by atoms with Crippen LogP contribution in [0.4, 0.5) is 10.8 Å². The molecule has 1 aliphatic rings. The minimum Gasteiger partial charge on any atom is -0.507 e. The first-order chi connectivity index (χ1) is 21.1. The SMILES string of the molecule is CCOC(=O)c1sc(N2C(=O)C(=O)C(=C(O)c3ccc(OCc4cccc(C)c4)cc3)C2c2ccc([N+](=O)[O-])cc2)nc1C. The number of carbonyl (C=O) groups excluding carboxylic acids is 3. The average molecular weight is 614 g/mol. The number of nitrogens with zero attached hydrogens (tertiary/aromatic N) is 3. The summed E-state index contributed by atoms with van der Waals surface area (Å²) in [5.74, 6) is -2.49. The number of aliphatic hydroxyl groups is 1. The van der Waals surface area contributed by atoms with E-state index in [2.05, 4.69) is 4.98 Å². The number of aromatic nitrogens is 1. The first kappa shape index (κ1) is 30.1. The number of nitro groups is 1. The molecule has 0 saturated carbocycles. The molecule has 1 atom stereocenters. The van der Waals surface area contributed by atoms with Gasteiger partial charge in [0.2, 0.25) is 0 Å². The van der Waals surface area contributed by atoms with Gasteiger partial charge in [0.1, 0.15) is 23.0 Å². The second-order valence-electron chi connectivity index (χ2n) is 9.95. The molecule has 2 heterocycles. The van der Waals surface area contributed by atoms with Crippen molar-refractivity contribution in [2.75, 3.05) is 11.5 Å². The number of nitro benzene ring substituents is 1. The molecule has 0 spiro atoms. The number of carbonyl (C=O) groups is 3. The van der Waals surface area contributed by atoms with E-state index in [4.69, 9.17) is 9.47 Å². The number of hydrogen-bond donors (Lipinski definition) is 1. The van der Waals surface area contributed by atoms with Gasteiger partial charge >= 0.3 is 11.9 Å². The highest BCUT2D eigenvalue weighted by atomic mass is 32.1. The monoisotopic (exact) mass is 613 g/mol.